The lowest BCUT2D eigenvalue weighted by atomic mass is 10.1. The summed E-state index contributed by atoms with van der Waals surface area (Å²) in [5.74, 6) is 0.971. The van der Waals surface area contributed by atoms with Gasteiger partial charge < -0.3 is 10.5 Å². The fourth-order valence-electron chi connectivity index (χ4n) is 2.17. The van der Waals surface area contributed by atoms with Crippen LogP contribution >= 0.6 is 0 Å². The fourth-order valence-corrected chi connectivity index (χ4v) is 2.17. The van der Waals surface area contributed by atoms with Gasteiger partial charge >= 0.3 is 0 Å². The predicted octanol–water partition coefficient (Wildman–Crippen LogP) is 1.80. The minimum absolute atomic E-state index is 0.406. The molecule has 94 valence electrons. The Labute approximate surface area is 104 Å². The molecule has 0 amide bonds. The van der Waals surface area contributed by atoms with E-state index in [0.29, 0.717) is 6.04 Å². The fraction of sp³-hybridized carbons (Fsp3) is 0.571. The van der Waals surface area contributed by atoms with Crippen molar-refractivity contribution in [3.05, 3.63) is 29.8 Å². The van der Waals surface area contributed by atoms with E-state index in [1.807, 2.05) is 12.1 Å². The van der Waals surface area contributed by atoms with Crippen molar-refractivity contribution in [1.29, 1.82) is 0 Å². The molecule has 0 unspecified atom stereocenters. The molecule has 0 aliphatic carbocycles. The summed E-state index contributed by atoms with van der Waals surface area (Å²) < 4.78 is 5.74. The van der Waals surface area contributed by atoms with Crippen LogP contribution in [-0.2, 0) is 0 Å². The van der Waals surface area contributed by atoms with E-state index in [2.05, 4.69) is 24.0 Å². The molecule has 3 heteroatoms. The van der Waals surface area contributed by atoms with E-state index in [9.17, 15) is 0 Å². The summed E-state index contributed by atoms with van der Waals surface area (Å²) in [7, 11) is 0. The van der Waals surface area contributed by atoms with Crippen molar-refractivity contribution in [2.45, 2.75) is 25.8 Å². The number of ether oxygens (including phenoxy) is 1. The van der Waals surface area contributed by atoms with E-state index < -0.39 is 0 Å². The van der Waals surface area contributed by atoms with Gasteiger partial charge in [0.2, 0.25) is 0 Å². The summed E-state index contributed by atoms with van der Waals surface area (Å²) in [4.78, 5) is 2.43. The second-order valence-corrected chi connectivity index (χ2v) is 4.84. The third-order valence-electron chi connectivity index (χ3n) is 3.30. The summed E-state index contributed by atoms with van der Waals surface area (Å²) in [6.45, 7) is 6.06. The lowest BCUT2D eigenvalue weighted by molar-refractivity contribution is 0.174. The molecule has 1 aromatic carbocycles. The molecule has 0 saturated carbocycles. The summed E-state index contributed by atoms with van der Waals surface area (Å²) in [5.41, 5.74) is 7.12. The standard InChI is InChI=1S/C14H22N2O/c1-12-3-2-4-14(11-12)17-10-9-16-7-5-13(15)6-8-16/h2-4,11,13H,5-10,15H2,1H3. The zero-order chi connectivity index (χ0) is 12.1. The molecule has 17 heavy (non-hydrogen) atoms. The van der Waals surface area contributed by atoms with Gasteiger partial charge in [-0.05, 0) is 50.6 Å². The number of hydrogen-bond acceptors (Lipinski definition) is 3. The first-order chi connectivity index (χ1) is 8.24. The molecular formula is C14H22N2O. The second kappa shape index (κ2) is 6.03. The average Bonchev–Trinajstić information content (AvgIpc) is 2.32. The molecule has 1 saturated heterocycles. The normalized spacial score (nSPS) is 18.2. The number of likely N-dealkylation sites (tertiary alicyclic amines) is 1. The molecule has 2 rings (SSSR count). The van der Waals surface area contributed by atoms with Crippen molar-refractivity contribution < 1.29 is 4.74 Å². The Morgan fingerprint density at radius 3 is 2.82 bits per heavy atom. The van der Waals surface area contributed by atoms with Gasteiger partial charge in [0.25, 0.3) is 0 Å². The molecule has 1 heterocycles. The third-order valence-corrected chi connectivity index (χ3v) is 3.30. The summed E-state index contributed by atoms with van der Waals surface area (Å²) in [6, 6.07) is 8.61. The van der Waals surface area contributed by atoms with Crippen molar-refractivity contribution in [2.75, 3.05) is 26.2 Å². The molecule has 0 bridgehead atoms. The Morgan fingerprint density at radius 2 is 2.12 bits per heavy atom. The number of nitrogens with zero attached hydrogens (tertiary/aromatic N) is 1. The summed E-state index contributed by atoms with van der Waals surface area (Å²) >= 11 is 0. The Kier molecular flexibility index (Phi) is 4.40. The number of benzene rings is 1. The number of rotatable bonds is 4. The van der Waals surface area contributed by atoms with E-state index in [1.165, 1.54) is 5.56 Å². The Hall–Kier alpha value is -1.06. The van der Waals surface area contributed by atoms with E-state index in [4.69, 9.17) is 10.5 Å². The smallest absolute Gasteiger partial charge is 0.119 e. The highest BCUT2D eigenvalue weighted by Crippen LogP contribution is 2.13. The molecule has 3 nitrogen and oxygen atoms in total. The number of piperidine rings is 1. The lowest BCUT2D eigenvalue weighted by Gasteiger charge is -2.29. The maximum Gasteiger partial charge on any atom is 0.119 e. The van der Waals surface area contributed by atoms with Crippen molar-refractivity contribution in [3.8, 4) is 5.75 Å². The van der Waals surface area contributed by atoms with Crippen LogP contribution in [0.2, 0.25) is 0 Å². The zero-order valence-electron chi connectivity index (χ0n) is 10.6. The van der Waals surface area contributed by atoms with Crippen LogP contribution in [0, 0.1) is 6.92 Å². The number of nitrogens with two attached hydrogens (primary N) is 1. The minimum Gasteiger partial charge on any atom is -0.492 e. The van der Waals surface area contributed by atoms with Crippen LogP contribution in [0.1, 0.15) is 18.4 Å². The highest BCUT2D eigenvalue weighted by atomic mass is 16.5. The molecule has 1 fully saturated rings. The molecular weight excluding hydrogens is 212 g/mol. The largest absolute Gasteiger partial charge is 0.492 e. The average molecular weight is 234 g/mol. The van der Waals surface area contributed by atoms with Gasteiger partial charge in [-0.3, -0.25) is 4.90 Å². The maximum absolute atomic E-state index is 5.88. The van der Waals surface area contributed by atoms with Crippen LogP contribution in [-0.4, -0.2) is 37.2 Å². The molecule has 0 atom stereocenters. The molecule has 0 radical (unpaired) electrons. The Bertz CT molecular complexity index is 346. The predicted molar refractivity (Wildman–Crippen MR) is 70.3 cm³/mol. The van der Waals surface area contributed by atoms with E-state index in [-0.39, 0.29) is 0 Å². The lowest BCUT2D eigenvalue weighted by Crippen LogP contribution is -2.41. The highest BCUT2D eigenvalue weighted by Gasteiger charge is 2.15. The molecule has 1 aliphatic rings. The van der Waals surface area contributed by atoms with Gasteiger partial charge in [0.1, 0.15) is 12.4 Å². The minimum atomic E-state index is 0.406. The van der Waals surface area contributed by atoms with Crippen LogP contribution in [0.15, 0.2) is 24.3 Å². The SMILES string of the molecule is Cc1cccc(OCCN2CCC(N)CC2)c1. The second-order valence-electron chi connectivity index (χ2n) is 4.84. The molecule has 1 aromatic rings. The van der Waals surface area contributed by atoms with Gasteiger partial charge in [0, 0.05) is 12.6 Å². The van der Waals surface area contributed by atoms with Crippen LogP contribution in [0.5, 0.6) is 5.75 Å². The van der Waals surface area contributed by atoms with Crippen LogP contribution in [0.4, 0.5) is 0 Å². The van der Waals surface area contributed by atoms with Crippen LogP contribution < -0.4 is 10.5 Å². The van der Waals surface area contributed by atoms with Gasteiger partial charge in [-0.1, -0.05) is 12.1 Å². The van der Waals surface area contributed by atoms with Gasteiger partial charge in [-0.2, -0.15) is 0 Å². The van der Waals surface area contributed by atoms with Crippen LogP contribution in [0.25, 0.3) is 0 Å². The summed E-state index contributed by atoms with van der Waals surface area (Å²) in [6.07, 6.45) is 2.23. The first kappa shape index (κ1) is 12.4. The van der Waals surface area contributed by atoms with Gasteiger partial charge in [0.15, 0.2) is 0 Å². The quantitative estimate of drug-likeness (QED) is 0.863. The van der Waals surface area contributed by atoms with E-state index in [0.717, 1.165) is 44.8 Å². The Balaban J connectivity index is 1.69. The summed E-state index contributed by atoms with van der Waals surface area (Å²) in [5, 5.41) is 0. The first-order valence-electron chi connectivity index (χ1n) is 6.41. The molecule has 1 aliphatic heterocycles. The van der Waals surface area contributed by atoms with Crippen molar-refractivity contribution in [2.24, 2.45) is 5.73 Å². The van der Waals surface area contributed by atoms with E-state index in [1.54, 1.807) is 0 Å². The topological polar surface area (TPSA) is 38.5 Å². The van der Waals surface area contributed by atoms with Crippen LogP contribution in [0.3, 0.4) is 0 Å². The Morgan fingerprint density at radius 1 is 1.35 bits per heavy atom. The van der Waals surface area contributed by atoms with Gasteiger partial charge in [-0.25, -0.2) is 0 Å². The third kappa shape index (κ3) is 4.02. The van der Waals surface area contributed by atoms with Crippen molar-refractivity contribution in [1.82, 2.24) is 4.90 Å². The molecule has 2 N–H and O–H groups in total. The van der Waals surface area contributed by atoms with Crippen molar-refractivity contribution >= 4 is 0 Å². The highest BCUT2D eigenvalue weighted by molar-refractivity contribution is 5.27. The van der Waals surface area contributed by atoms with Crippen molar-refractivity contribution in [3.63, 3.8) is 0 Å². The van der Waals surface area contributed by atoms with Gasteiger partial charge in [-0.15, -0.1) is 0 Å². The first-order valence-corrected chi connectivity index (χ1v) is 6.41. The maximum atomic E-state index is 5.88. The molecule has 0 aromatic heterocycles. The van der Waals surface area contributed by atoms with E-state index >= 15 is 0 Å². The number of hydrogen-bond donors (Lipinski definition) is 1. The van der Waals surface area contributed by atoms with Gasteiger partial charge in [0.05, 0.1) is 0 Å². The molecule has 0 spiro atoms. The number of aryl methyl sites for hydroxylation is 1. The monoisotopic (exact) mass is 234 g/mol. The zero-order valence-corrected chi connectivity index (χ0v) is 10.6.